The summed E-state index contributed by atoms with van der Waals surface area (Å²) < 4.78 is 28.2. The van der Waals surface area contributed by atoms with Crippen molar-refractivity contribution in [1.82, 2.24) is 4.98 Å². The lowest BCUT2D eigenvalue weighted by atomic mass is 9.85. The zero-order valence-corrected chi connectivity index (χ0v) is 16.9. The van der Waals surface area contributed by atoms with Gasteiger partial charge in [-0.1, -0.05) is 41.9 Å². The molecule has 0 aliphatic rings. The van der Waals surface area contributed by atoms with Crippen LogP contribution in [-0.2, 0) is 5.41 Å². The van der Waals surface area contributed by atoms with Crippen LogP contribution in [0, 0.1) is 28.4 Å². The van der Waals surface area contributed by atoms with Crippen LogP contribution >= 0.6 is 11.6 Å². The molecule has 0 unspecified atom stereocenters. The Balaban J connectivity index is 2.08. The van der Waals surface area contributed by atoms with E-state index in [-0.39, 0.29) is 22.0 Å². The number of halogens is 3. The molecule has 1 aromatic heterocycles. The summed E-state index contributed by atoms with van der Waals surface area (Å²) in [6.07, 6.45) is 1.18. The van der Waals surface area contributed by atoms with Crippen LogP contribution in [0.25, 0.3) is 0 Å². The highest BCUT2D eigenvalue weighted by Crippen LogP contribution is 2.31. The van der Waals surface area contributed by atoms with Gasteiger partial charge in [-0.15, -0.1) is 0 Å². The number of hydrogen-bond donors (Lipinski definition) is 3. The van der Waals surface area contributed by atoms with Crippen molar-refractivity contribution in [3.63, 3.8) is 0 Å². The number of rotatable bonds is 5. The van der Waals surface area contributed by atoms with Gasteiger partial charge in [0.2, 0.25) is 0 Å². The number of aromatic amines is 1. The summed E-state index contributed by atoms with van der Waals surface area (Å²) in [5.74, 6) is -1.74. The number of nitriles is 1. The molecule has 0 fully saturated rings. The first-order chi connectivity index (χ1) is 14.2. The molecule has 0 saturated carbocycles. The average molecular weight is 427 g/mol. The average Bonchev–Trinajstić information content (AvgIpc) is 2.73. The van der Waals surface area contributed by atoms with Crippen molar-refractivity contribution in [3.8, 4) is 6.07 Å². The molecule has 0 spiro atoms. The minimum atomic E-state index is -0.869. The molecule has 0 atom stereocenters. The SMILES string of the molecule is CC(C)(C#N)c1ccc(C(=N)c2c(Nc3c(F)cccc3F)c(Cl)c[nH]c2=O)cc1. The lowest BCUT2D eigenvalue weighted by Gasteiger charge is -2.17. The van der Waals surface area contributed by atoms with Gasteiger partial charge >= 0.3 is 0 Å². The molecule has 8 heteroatoms. The van der Waals surface area contributed by atoms with E-state index in [4.69, 9.17) is 17.0 Å². The van der Waals surface area contributed by atoms with Crippen molar-refractivity contribution in [2.45, 2.75) is 19.3 Å². The van der Waals surface area contributed by atoms with E-state index in [1.165, 1.54) is 12.3 Å². The van der Waals surface area contributed by atoms with Gasteiger partial charge in [-0.2, -0.15) is 5.26 Å². The molecule has 3 aromatic rings. The molecular weight excluding hydrogens is 410 g/mol. The number of aromatic nitrogens is 1. The van der Waals surface area contributed by atoms with Crippen LogP contribution in [0.3, 0.4) is 0 Å². The molecule has 0 aliphatic heterocycles. The van der Waals surface area contributed by atoms with Gasteiger partial charge in [-0.3, -0.25) is 10.2 Å². The van der Waals surface area contributed by atoms with Gasteiger partial charge in [0.25, 0.3) is 5.56 Å². The molecule has 1 heterocycles. The number of benzene rings is 2. The monoisotopic (exact) mass is 426 g/mol. The maximum atomic E-state index is 14.1. The number of para-hydroxylation sites is 1. The second kappa shape index (κ2) is 8.09. The predicted molar refractivity (Wildman–Crippen MR) is 113 cm³/mol. The molecule has 0 radical (unpaired) electrons. The zero-order valence-electron chi connectivity index (χ0n) is 16.1. The lowest BCUT2D eigenvalue weighted by molar-refractivity contribution is 0.591. The fraction of sp³-hybridized carbons (Fsp3) is 0.136. The topological polar surface area (TPSA) is 92.5 Å². The fourth-order valence-corrected chi connectivity index (χ4v) is 3.07. The lowest BCUT2D eigenvalue weighted by Crippen LogP contribution is -2.21. The zero-order chi connectivity index (χ0) is 22.1. The van der Waals surface area contributed by atoms with Crippen LogP contribution in [-0.4, -0.2) is 10.7 Å². The number of hydrogen-bond acceptors (Lipinski definition) is 4. The first-order valence-electron chi connectivity index (χ1n) is 8.89. The highest BCUT2D eigenvalue weighted by Gasteiger charge is 2.22. The molecule has 30 heavy (non-hydrogen) atoms. The Kier molecular flexibility index (Phi) is 5.72. The van der Waals surface area contributed by atoms with Crippen molar-refractivity contribution in [1.29, 1.82) is 10.7 Å². The normalized spacial score (nSPS) is 11.1. The van der Waals surface area contributed by atoms with Gasteiger partial charge in [0.15, 0.2) is 0 Å². The van der Waals surface area contributed by atoms with Crippen LogP contribution in [0.2, 0.25) is 5.02 Å². The second-order valence-electron chi connectivity index (χ2n) is 7.13. The van der Waals surface area contributed by atoms with Crippen molar-refractivity contribution in [3.05, 3.63) is 92.4 Å². The molecule has 5 nitrogen and oxygen atoms in total. The molecular formula is C22H17ClF2N4O. The Bertz CT molecular complexity index is 1210. The van der Waals surface area contributed by atoms with Gasteiger partial charge in [0.1, 0.15) is 17.3 Å². The molecule has 152 valence electrons. The van der Waals surface area contributed by atoms with E-state index in [1.807, 2.05) is 0 Å². The van der Waals surface area contributed by atoms with Crippen LogP contribution in [0.1, 0.15) is 30.5 Å². The largest absolute Gasteiger partial charge is 0.349 e. The van der Waals surface area contributed by atoms with Crippen LogP contribution in [0.5, 0.6) is 0 Å². The van der Waals surface area contributed by atoms with Gasteiger partial charge in [0.05, 0.1) is 33.5 Å². The molecule has 0 aliphatic carbocycles. The highest BCUT2D eigenvalue weighted by atomic mass is 35.5. The Morgan fingerprint density at radius 1 is 1.13 bits per heavy atom. The summed E-state index contributed by atoms with van der Waals surface area (Å²) in [6.45, 7) is 3.53. The van der Waals surface area contributed by atoms with Crippen LogP contribution in [0.4, 0.5) is 20.2 Å². The molecule has 3 rings (SSSR count). The van der Waals surface area contributed by atoms with E-state index >= 15 is 0 Å². The molecule has 0 saturated heterocycles. The first kappa shape index (κ1) is 21.2. The van der Waals surface area contributed by atoms with E-state index < -0.39 is 28.3 Å². The summed E-state index contributed by atoms with van der Waals surface area (Å²) >= 11 is 6.18. The standard InChI is InChI=1S/C22H17ClF2N4O/c1-22(2,11-26)13-8-6-12(7-9-13)18(27)17-19(14(23)10-28-21(17)30)29-20-15(24)4-3-5-16(20)25/h3-10,27H,1-2H3,(H2,28,29,30). The summed E-state index contributed by atoms with van der Waals surface area (Å²) in [6, 6.07) is 12.1. The Morgan fingerprint density at radius 3 is 2.30 bits per heavy atom. The first-order valence-corrected chi connectivity index (χ1v) is 9.27. The number of pyridine rings is 1. The predicted octanol–water partition coefficient (Wildman–Crippen LogP) is 5.27. The maximum absolute atomic E-state index is 14.1. The number of nitrogens with zero attached hydrogens (tertiary/aromatic N) is 1. The van der Waals surface area contributed by atoms with E-state index in [1.54, 1.807) is 38.1 Å². The second-order valence-corrected chi connectivity index (χ2v) is 7.53. The van der Waals surface area contributed by atoms with Gasteiger partial charge in [-0.05, 0) is 31.5 Å². The number of H-pyrrole nitrogens is 1. The maximum Gasteiger partial charge on any atom is 0.259 e. The minimum absolute atomic E-state index is 0.0146. The Labute approximate surface area is 176 Å². The Hall–Kier alpha value is -3.50. The van der Waals surface area contributed by atoms with Gasteiger partial charge in [-0.25, -0.2) is 8.78 Å². The van der Waals surface area contributed by atoms with Crippen molar-refractivity contribution in [2.75, 3.05) is 5.32 Å². The fourth-order valence-electron chi connectivity index (χ4n) is 2.87. The third-order valence-electron chi connectivity index (χ3n) is 4.68. The number of anilines is 2. The van der Waals surface area contributed by atoms with Gasteiger partial charge in [0, 0.05) is 11.8 Å². The van der Waals surface area contributed by atoms with Crippen molar-refractivity contribution >= 4 is 28.7 Å². The summed E-state index contributed by atoms with van der Waals surface area (Å²) in [5, 5.41) is 20.3. The number of nitrogens with one attached hydrogen (secondary N) is 3. The van der Waals surface area contributed by atoms with Crippen LogP contribution < -0.4 is 10.9 Å². The molecule has 3 N–H and O–H groups in total. The third kappa shape index (κ3) is 3.95. The molecule has 0 amide bonds. The van der Waals surface area contributed by atoms with E-state index in [2.05, 4.69) is 16.4 Å². The van der Waals surface area contributed by atoms with Crippen LogP contribution in [0.15, 0.2) is 53.5 Å². The highest BCUT2D eigenvalue weighted by molar-refractivity contribution is 6.34. The smallest absolute Gasteiger partial charge is 0.259 e. The quantitative estimate of drug-likeness (QED) is 0.485. The van der Waals surface area contributed by atoms with Crippen molar-refractivity contribution in [2.24, 2.45) is 0 Å². The summed E-state index contributed by atoms with van der Waals surface area (Å²) in [5.41, 5.74) is -1.18. The van der Waals surface area contributed by atoms with Gasteiger partial charge < -0.3 is 10.3 Å². The third-order valence-corrected chi connectivity index (χ3v) is 4.98. The molecule has 2 aromatic carbocycles. The Morgan fingerprint density at radius 2 is 1.73 bits per heavy atom. The minimum Gasteiger partial charge on any atom is -0.349 e. The summed E-state index contributed by atoms with van der Waals surface area (Å²) in [7, 11) is 0. The van der Waals surface area contributed by atoms with E-state index in [9.17, 15) is 18.8 Å². The van der Waals surface area contributed by atoms with E-state index in [0.29, 0.717) is 5.56 Å². The summed E-state index contributed by atoms with van der Waals surface area (Å²) in [4.78, 5) is 14.9. The van der Waals surface area contributed by atoms with E-state index in [0.717, 1.165) is 17.7 Å². The molecule has 0 bridgehead atoms. The van der Waals surface area contributed by atoms with Crippen molar-refractivity contribution < 1.29 is 8.78 Å².